The highest BCUT2D eigenvalue weighted by molar-refractivity contribution is 6.02. The summed E-state index contributed by atoms with van der Waals surface area (Å²) < 4.78 is 94.3. The van der Waals surface area contributed by atoms with Gasteiger partial charge in [0.15, 0.2) is 5.82 Å². The molecule has 2 aromatic carbocycles. The van der Waals surface area contributed by atoms with Gasteiger partial charge in [-0.1, -0.05) is 6.07 Å². The summed E-state index contributed by atoms with van der Waals surface area (Å²) in [5, 5.41) is 14.7. The fourth-order valence-corrected chi connectivity index (χ4v) is 9.32. The van der Waals surface area contributed by atoms with Crippen molar-refractivity contribution in [3.63, 3.8) is 0 Å². The van der Waals surface area contributed by atoms with E-state index < -0.39 is 41.5 Å². The van der Waals surface area contributed by atoms with Crippen molar-refractivity contribution in [1.82, 2.24) is 25.2 Å². The Morgan fingerprint density at radius 2 is 1.90 bits per heavy atom. The number of pyridine rings is 1. The van der Waals surface area contributed by atoms with E-state index in [1.165, 1.54) is 12.1 Å². The zero-order valence-corrected chi connectivity index (χ0v) is 26.5. The maximum Gasteiger partial charge on any atom is 0.393 e. The lowest BCUT2D eigenvalue weighted by molar-refractivity contribution is -0.127. The Morgan fingerprint density at radius 1 is 1.04 bits per heavy atom. The summed E-state index contributed by atoms with van der Waals surface area (Å²) >= 11 is 0. The number of ether oxygens (including phenoxy) is 1. The van der Waals surface area contributed by atoms with Crippen LogP contribution in [0.25, 0.3) is 32.9 Å². The van der Waals surface area contributed by atoms with Gasteiger partial charge in [0.05, 0.1) is 23.0 Å². The molecule has 49 heavy (non-hydrogen) atoms. The second-order valence-electron chi connectivity index (χ2n) is 14.4. The van der Waals surface area contributed by atoms with Crippen LogP contribution in [0.1, 0.15) is 49.8 Å². The molecule has 4 saturated heterocycles. The smallest absolute Gasteiger partial charge is 0.393 e. The molecule has 0 unspecified atom stereocenters. The standard InChI is InChI=1S/C35H34F6N6O2/c36-18-12-34(8-1-9-46(34)14-18)16-49-33-44-31-28-25(6-7-26-24-5-3-19(42-24)15-47(26)32(28)45-33)43-30(29(31)38)21-11-20(48)10-17-2-4-23(37)22(27(17)21)13-35(39,40)41/h2,4,10-11,18-19,24,26,42,48H,1,3,5-9,12-16H2/t18-,19-,24+,26-,34+/m1/s1. The Labute approximate surface area is 277 Å². The largest absolute Gasteiger partial charge is 0.508 e. The van der Waals surface area contributed by atoms with Crippen molar-refractivity contribution in [2.75, 3.05) is 31.1 Å². The molecule has 0 amide bonds. The third kappa shape index (κ3) is 5.07. The van der Waals surface area contributed by atoms with Gasteiger partial charge in [-0.3, -0.25) is 4.90 Å². The van der Waals surface area contributed by atoms with Crippen LogP contribution in [0.5, 0.6) is 11.8 Å². The van der Waals surface area contributed by atoms with Crippen molar-refractivity contribution in [2.45, 2.75) is 87.4 Å². The fourth-order valence-electron chi connectivity index (χ4n) is 9.32. The number of alkyl halides is 4. The molecule has 8 nitrogen and oxygen atoms in total. The molecular weight excluding hydrogens is 650 g/mol. The first-order valence-electron chi connectivity index (χ1n) is 16.9. The molecule has 2 aromatic heterocycles. The maximum atomic E-state index is 17.1. The Kier molecular flexibility index (Phi) is 7.01. The van der Waals surface area contributed by atoms with E-state index in [0.29, 0.717) is 49.2 Å². The predicted molar refractivity (Wildman–Crippen MR) is 170 cm³/mol. The van der Waals surface area contributed by atoms with Gasteiger partial charge < -0.3 is 20.1 Å². The molecule has 7 heterocycles. The highest BCUT2D eigenvalue weighted by Crippen LogP contribution is 2.45. The molecule has 9 rings (SSSR count). The number of aryl methyl sites for hydroxylation is 1. The SMILES string of the molecule is Oc1cc(-c2nc3c4c(nc(OC[C@@]56CCCN5C[C@H](F)C6)nc4c2F)N2C[C@H]4CC[C@H](N4)[C@H]2CC3)c2c(CC(F)(F)F)c(F)ccc2c1. The number of benzene rings is 2. The number of phenolic OH excluding ortho intramolecular Hbond substituents is 1. The van der Waals surface area contributed by atoms with E-state index in [1.807, 2.05) is 0 Å². The zero-order valence-electron chi connectivity index (χ0n) is 26.5. The number of nitrogens with zero attached hydrogens (tertiary/aromatic N) is 5. The summed E-state index contributed by atoms with van der Waals surface area (Å²) in [6.45, 7) is 1.85. The van der Waals surface area contributed by atoms with Gasteiger partial charge in [0.2, 0.25) is 0 Å². The van der Waals surface area contributed by atoms with Gasteiger partial charge in [0, 0.05) is 48.8 Å². The van der Waals surface area contributed by atoms with Crippen molar-refractivity contribution in [3.05, 3.63) is 47.2 Å². The first-order valence-corrected chi connectivity index (χ1v) is 16.9. The molecule has 2 bridgehead atoms. The number of halogens is 6. The minimum atomic E-state index is -4.76. The van der Waals surface area contributed by atoms with E-state index in [2.05, 4.69) is 20.1 Å². The Balaban J connectivity index is 1.24. The van der Waals surface area contributed by atoms with Crippen LogP contribution in [-0.2, 0) is 12.8 Å². The molecule has 5 aliphatic heterocycles. The zero-order chi connectivity index (χ0) is 33.8. The third-order valence-electron chi connectivity index (χ3n) is 11.3. The van der Waals surface area contributed by atoms with Gasteiger partial charge in [-0.2, -0.15) is 23.1 Å². The molecular formula is C35H34F6N6O2. The van der Waals surface area contributed by atoms with Gasteiger partial charge in [0.25, 0.3) is 0 Å². The number of piperazine rings is 1. The van der Waals surface area contributed by atoms with E-state index in [0.717, 1.165) is 44.4 Å². The van der Waals surface area contributed by atoms with Crippen LogP contribution in [0.15, 0.2) is 24.3 Å². The first-order chi connectivity index (χ1) is 23.5. The van der Waals surface area contributed by atoms with Gasteiger partial charge >= 0.3 is 12.2 Å². The van der Waals surface area contributed by atoms with E-state index in [1.54, 1.807) is 0 Å². The van der Waals surface area contributed by atoms with Gasteiger partial charge in [-0.15, -0.1) is 0 Å². The van der Waals surface area contributed by atoms with Crippen molar-refractivity contribution in [3.8, 4) is 23.0 Å². The molecule has 0 spiro atoms. The minimum absolute atomic E-state index is 0.0190. The number of fused-ring (bicyclic) bond motifs is 7. The molecule has 0 aliphatic carbocycles. The number of nitrogens with one attached hydrogen (secondary N) is 1. The Bertz CT molecular complexity index is 2010. The monoisotopic (exact) mass is 684 g/mol. The summed E-state index contributed by atoms with van der Waals surface area (Å²) in [5.74, 6) is -1.90. The summed E-state index contributed by atoms with van der Waals surface area (Å²) in [6, 6.07) is 4.84. The normalized spacial score (nSPS) is 27.9. The molecule has 0 saturated carbocycles. The molecule has 2 N–H and O–H groups in total. The first kappa shape index (κ1) is 31.1. The minimum Gasteiger partial charge on any atom is -0.508 e. The number of aromatic nitrogens is 3. The molecule has 14 heteroatoms. The average Bonchev–Trinajstić information content (AvgIpc) is 3.68. The number of aromatic hydroxyl groups is 1. The van der Waals surface area contributed by atoms with Crippen molar-refractivity contribution < 1.29 is 36.2 Å². The van der Waals surface area contributed by atoms with Gasteiger partial charge in [-0.05, 0) is 74.0 Å². The van der Waals surface area contributed by atoms with Crippen molar-refractivity contribution >= 4 is 27.5 Å². The second-order valence-corrected chi connectivity index (χ2v) is 14.4. The van der Waals surface area contributed by atoms with Crippen LogP contribution in [0.3, 0.4) is 0 Å². The molecule has 4 fully saturated rings. The third-order valence-corrected chi connectivity index (χ3v) is 11.3. The molecule has 258 valence electrons. The maximum absolute atomic E-state index is 17.1. The van der Waals surface area contributed by atoms with Crippen LogP contribution in [0.2, 0.25) is 0 Å². The fraction of sp³-hybridized carbons (Fsp3) is 0.514. The summed E-state index contributed by atoms with van der Waals surface area (Å²) in [5.41, 5.74) is -1.34. The molecule has 5 aliphatic rings. The van der Waals surface area contributed by atoms with Crippen molar-refractivity contribution in [2.24, 2.45) is 0 Å². The number of anilines is 1. The van der Waals surface area contributed by atoms with Gasteiger partial charge in [0.1, 0.15) is 41.4 Å². The quantitative estimate of drug-likeness (QED) is 0.243. The molecule has 5 atom stereocenters. The number of rotatable bonds is 5. The highest BCUT2D eigenvalue weighted by atomic mass is 19.4. The lowest BCUT2D eigenvalue weighted by Crippen LogP contribution is -2.58. The highest BCUT2D eigenvalue weighted by Gasteiger charge is 2.50. The van der Waals surface area contributed by atoms with E-state index >= 15 is 8.78 Å². The number of hydrogen-bond donors (Lipinski definition) is 2. The number of hydrogen-bond acceptors (Lipinski definition) is 8. The average molecular weight is 685 g/mol. The Hall–Kier alpha value is -3.91. The number of phenols is 1. The van der Waals surface area contributed by atoms with Crippen LogP contribution in [0, 0.1) is 11.6 Å². The molecule has 4 aromatic rings. The van der Waals surface area contributed by atoms with Gasteiger partial charge in [-0.25, -0.2) is 18.2 Å². The summed E-state index contributed by atoms with van der Waals surface area (Å²) in [7, 11) is 0. The second kappa shape index (κ2) is 11.0. The van der Waals surface area contributed by atoms with Crippen LogP contribution < -0.4 is 15.0 Å². The topological polar surface area (TPSA) is 86.6 Å². The summed E-state index contributed by atoms with van der Waals surface area (Å²) in [6.07, 6.45) is -2.31. The lowest BCUT2D eigenvalue weighted by Gasteiger charge is -2.41. The summed E-state index contributed by atoms with van der Waals surface area (Å²) in [4.78, 5) is 18.4. The van der Waals surface area contributed by atoms with Crippen LogP contribution in [0.4, 0.5) is 32.2 Å². The lowest BCUT2D eigenvalue weighted by atomic mass is 9.93. The van der Waals surface area contributed by atoms with Crippen molar-refractivity contribution in [1.29, 1.82) is 0 Å². The van der Waals surface area contributed by atoms with Crippen LogP contribution in [-0.4, -0.2) is 87.2 Å². The van der Waals surface area contributed by atoms with E-state index in [-0.39, 0.29) is 64.0 Å². The van der Waals surface area contributed by atoms with Crippen LogP contribution >= 0.6 is 0 Å². The van der Waals surface area contributed by atoms with E-state index in [9.17, 15) is 22.7 Å². The molecule has 0 radical (unpaired) electrons. The Morgan fingerprint density at radius 3 is 2.73 bits per heavy atom. The van der Waals surface area contributed by atoms with E-state index in [4.69, 9.17) is 14.7 Å². The predicted octanol–water partition coefficient (Wildman–Crippen LogP) is 6.14.